The Morgan fingerprint density at radius 2 is 1.87 bits per heavy atom. The van der Waals surface area contributed by atoms with Crippen LogP contribution in [-0.4, -0.2) is 66.6 Å². The molecule has 1 aliphatic heterocycles. The monoisotopic (exact) mass is 416 g/mol. The summed E-state index contributed by atoms with van der Waals surface area (Å²) in [6.45, 7) is 5.54. The van der Waals surface area contributed by atoms with Gasteiger partial charge >= 0.3 is 0 Å². The van der Waals surface area contributed by atoms with Crippen molar-refractivity contribution >= 4 is 5.96 Å². The summed E-state index contributed by atoms with van der Waals surface area (Å²) in [5.41, 5.74) is 2.51. The van der Waals surface area contributed by atoms with Gasteiger partial charge in [0, 0.05) is 40.4 Å². The fourth-order valence-electron chi connectivity index (χ4n) is 3.48. The number of hydrogen-bond acceptors (Lipinski definition) is 6. The number of aryl methyl sites for hydroxylation is 1. The lowest BCUT2D eigenvalue weighted by Gasteiger charge is -2.32. The van der Waals surface area contributed by atoms with Crippen LogP contribution in [0.1, 0.15) is 29.2 Å². The van der Waals surface area contributed by atoms with Gasteiger partial charge in [-0.2, -0.15) is 0 Å². The molecule has 164 valence electrons. The molecule has 30 heavy (non-hydrogen) atoms. The second kappa shape index (κ2) is 10.3. The molecule has 0 atom stereocenters. The Balaban J connectivity index is 1.79. The van der Waals surface area contributed by atoms with E-state index >= 15 is 0 Å². The van der Waals surface area contributed by atoms with Crippen molar-refractivity contribution in [2.75, 3.05) is 41.0 Å². The normalized spacial score (nSPS) is 13.9. The molecule has 0 radical (unpaired) electrons. The Kier molecular flexibility index (Phi) is 7.51. The molecule has 9 heteroatoms. The highest BCUT2D eigenvalue weighted by molar-refractivity contribution is 5.80. The first-order valence-electron chi connectivity index (χ1n) is 10.2. The van der Waals surface area contributed by atoms with Crippen molar-refractivity contribution in [2.24, 2.45) is 12.0 Å². The molecule has 2 aromatic rings. The number of nitrogens with zero attached hydrogens (tertiary/aromatic N) is 5. The van der Waals surface area contributed by atoms with Crippen LogP contribution in [0.5, 0.6) is 11.5 Å². The van der Waals surface area contributed by atoms with E-state index < -0.39 is 0 Å². The number of hydrogen-bond donors (Lipinski definition) is 1. The van der Waals surface area contributed by atoms with Gasteiger partial charge in [-0.05, 0) is 43.0 Å². The number of guanidine groups is 1. The molecule has 0 fully saturated rings. The van der Waals surface area contributed by atoms with Gasteiger partial charge in [0.05, 0.1) is 14.2 Å². The number of aliphatic imine (C=N–C) groups is 1. The third-order valence-electron chi connectivity index (χ3n) is 5.38. The van der Waals surface area contributed by atoms with Gasteiger partial charge in [-0.25, -0.2) is 4.99 Å². The summed E-state index contributed by atoms with van der Waals surface area (Å²) in [6, 6.07) is 4.14. The summed E-state index contributed by atoms with van der Waals surface area (Å²) in [5.74, 6) is 4.11. The van der Waals surface area contributed by atoms with Crippen molar-refractivity contribution < 1.29 is 14.2 Å². The molecule has 0 spiro atoms. The van der Waals surface area contributed by atoms with Gasteiger partial charge in [0.1, 0.15) is 12.4 Å². The number of fused-ring (bicyclic) bond motifs is 1. The quantitative estimate of drug-likeness (QED) is 0.398. The lowest BCUT2D eigenvalue weighted by molar-refractivity contribution is 0.195. The zero-order valence-corrected chi connectivity index (χ0v) is 18.6. The third kappa shape index (κ3) is 5.02. The highest BCUT2D eigenvalue weighted by Crippen LogP contribution is 2.33. The summed E-state index contributed by atoms with van der Waals surface area (Å²) in [7, 11) is 7.01. The second-order valence-electron chi connectivity index (χ2n) is 7.28. The minimum Gasteiger partial charge on any atom is -0.493 e. The largest absolute Gasteiger partial charge is 0.493 e. The van der Waals surface area contributed by atoms with Crippen LogP contribution < -0.4 is 14.8 Å². The van der Waals surface area contributed by atoms with E-state index in [1.54, 1.807) is 21.3 Å². The highest BCUT2D eigenvalue weighted by Gasteiger charge is 2.22. The van der Waals surface area contributed by atoms with Crippen LogP contribution in [0.4, 0.5) is 0 Å². The number of rotatable bonds is 8. The number of aromatic nitrogens is 3. The summed E-state index contributed by atoms with van der Waals surface area (Å²) in [4.78, 5) is 7.12. The van der Waals surface area contributed by atoms with E-state index in [1.807, 2.05) is 18.5 Å². The first-order chi connectivity index (χ1) is 14.6. The maximum atomic E-state index is 5.49. The minimum atomic E-state index is 0.471. The Morgan fingerprint density at radius 3 is 2.50 bits per heavy atom. The smallest absolute Gasteiger partial charge is 0.194 e. The van der Waals surface area contributed by atoms with Crippen LogP contribution in [0.2, 0.25) is 0 Å². The second-order valence-corrected chi connectivity index (χ2v) is 7.28. The number of ether oxygens (including phenoxy) is 3. The summed E-state index contributed by atoms with van der Waals surface area (Å²) in [5, 5.41) is 11.8. The summed E-state index contributed by atoms with van der Waals surface area (Å²) in [6.07, 6.45) is 1.82. The van der Waals surface area contributed by atoms with Crippen molar-refractivity contribution in [1.82, 2.24) is 25.0 Å². The molecule has 0 amide bonds. The molecule has 0 unspecified atom stereocenters. The molecule has 0 aliphatic carbocycles. The number of nitrogens with one attached hydrogen (secondary N) is 1. The van der Waals surface area contributed by atoms with Gasteiger partial charge < -0.3 is 29.0 Å². The van der Waals surface area contributed by atoms with Crippen molar-refractivity contribution in [1.29, 1.82) is 0 Å². The standard InChI is InChI=1S/C21H32N6O3/c1-15-24-25-20(26(15)2)13-23-21(22-8-6-10-28-3)27-9-7-16-11-18(29-4)19(30-5)12-17(16)14-27/h11-12H,6-10,13-14H2,1-5H3,(H,22,23). The molecule has 9 nitrogen and oxygen atoms in total. The van der Waals surface area contributed by atoms with Crippen LogP contribution in [0.15, 0.2) is 17.1 Å². The molecule has 1 aromatic carbocycles. The van der Waals surface area contributed by atoms with Crippen LogP contribution in [0.3, 0.4) is 0 Å². The van der Waals surface area contributed by atoms with E-state index in [0.29, 0.717) is 13.2 Å². The number of benzene rings is 1. The molecule has 0 saturated carbocycles. The van der Waals surface area contributed by atoms with Gasteiger partial charge in [0.25, 0.3) is 0 Å². The van der Waals surface area contributed by atoms with E-state index in [9.17, 15) is 0 Å². The topological polar surface area (TPSA) is 86.0 Å². The fraction of sp³-hybridized carbons (Fsp3) is 0.571. The molecule has 1 aromatic heterocycles. The third-order valence-corrected chi connectivity index (χ3v) is 5.38. The van der Waals surface area contributed by atoms with Gasteiger partial charge in [-0.15, -0.1) is 10.2 Å². The first kappa shape index (κ1) is 21.9. The van der Waals surface area contributed by atoms with Crippen molar-refractivity contribution in [3.05, 3.63) is 34.9 Å². The Labute approximate surface area is 178 Å². The minimum absolute atomic E-state index is 0.471. The summed E-state index contributed by atoms with van der Waals surface area (Å²) < 4.78 is 18.1. The molecular formula is C21H32N6O3. The average molecular weight is 417 g/mol. The molecule has 1 aliphatic rings. The Hall–Kier alpha value is -2.81. The Bertz CT molecular complexity index is 880. The SMILES string of the molecule is COCCCNC(=NCc1nnc(C)n1C)N1CCc2cc(OC)c(OC)cc2C1. The van der Waals surface area contributed by atoms with Crippen LogP contribution in [0, 0.1) is 6.92 Å². The number of methoxy groups -OCH3 is 3. The van der Waals surface area contributed by atoms with E-state index in [-0.39, 0.29) is 0 Å². The predicted octanol–water partition coefficient (Wildman–Crippen LogP) is 1.68. The molecular weight excluding hydrogens is 384 g/mol. The zero-order chi connectivity index (χ0) is 21.5. The molecule has 0 bridgehead atoms. The Morgan fingerprint density at radius 1 is 1.13 bits per heavy atom. The van der Waals surface area contributed by atoms with Gasteiger partial charge in [-0.3, -0.25) is 0 Å². The van der Waals surface area contributed by atoms with Crippen molar-refractivity contribution in [3.63, 3.8) is 0 Å². The van der Waals surface area contributed by atoms with Crippen molar-refractivity contribution in [3.8, 4) is 11.5 Å². The molecule has 3 rings (SSSR count). The maximum absolute atomic E-state index is 5.49. The highest BCUT2D eigenvalue weighted by atomic mass is 16.5. The fourth-order valence-corrected chi connectivity index (χ4v) is 3.48. The van der Waals surface area contributed by atoms with Gasteiger partial charge in [-0.1, -0.05) is 0 Å². The average Bonchev–Trinajstić information content (AvgIpc) is 3.09. The van der Waals surface area contributed by atoms with Crippen LogP contribution >= 0.6 is 0 Å². The molecule has 1 N–H and O–H groups in total. The van der Waals surface area contributed by atoms with Crippen LogP contribution in [-0.2, 0) is 31.3 Å². The van der Waals surface area contributed by atoms with Gasteiger partial charge in [0.15, 0.2) is 23.3 Å². The maximum Gasteiger partial charge on any atom is 0.194 e. The molecule has 2 heterocycles. The van der Waals surface area contributed by atoms with E-state index in [2.05, 4.69) is 32.5 Å². The van der Waals surface area contributed by atoms with Crippen LogP contribution in [0.25, 0.3) is 0 Å². The van der Waals surface area contributed by atoms with E-state index in [4.69, 9.17) is 19.2 Å². The molecule has 0 saturated heterocycles. The first-order valence-corrected chi connectivity index (χ1v) is 10.2. The zero-order valence-electron chi connectivity index (χ0n) is 18.6. The predicted molar refractivity (Wildman–Crippen MR) is 115 cm³/mol. The van der Waals surface area contributed by atoms with E-state index in [1.165, 1.54) is 11.1 Å². The lowest BCUT2D eigenvalue weighted by Crippen LogP contribution is -2.44. The van der Waals surface area contributed by atoms with Gasteiger partial charge in [0.2, 0.25) is 0 Å². The lowest BCUT2D eigenvalue weighted by atomic mass is 9.99. The summed E-state index contributed by atoms with van der Waals surface area (Å²) >= 11 is 0. The van der Waals surface area contributed by atoms with Crippen molar-refractivity contribution in [2.45, 2.75) is 32.9 Å². The van der Waals surface area contributed by atoms with E-state index in [0.717, 1.165) is 61.6 Å².